The van der Waals surface area contributed by atoms with Gasteiger partial charge in [0, 0.05) is 11.8 Å². The monoisotopic (exact) mass is 430 g/mol. The molecule has 0 fully saturated rings. The van der Waals surface area contributed by atoms with Crippen LogP contribution in [0.4, 0.5) is 16.2 Å². The van der Waals surface area contributed by atoms with E-state index < -0.39 is 6.03 Å². The number of methoxy groups -OCH3 is 2. The van der Waals surface area contributed by atoms with Gasteiger partial charge < -0.3 is 20.1 Å². The van der Waals surface area contributed by atoms with Gasteiger partial charge in [0.25, 0.3) is 5.56 Å². The molecule has 0 aliphatic heterocycles. The van der Waals surface area contributed by atoms with Crippen LogP contribution >= 0.6 is 0 Å². The first kappa shape index (κ1) is 20.9. The highest BCUT2D eigenvalue weighted by Crippen LogP contribution is 2.29. The van der Waals surface area contributed by atoms with Gasteiger partial charge >= 0.3 is 6.03 Å². The molecule has 0 saturated heterocycles. The third-order valence-corrected chi connectivity index (χ3v) is 4.98. The van der Waals surface area contributed by atoms with Crippen LogP contribution in [0.3, 0.4) is 0 Å². The summed E-state index contributed by atoms with van der Waals surface area (Å²) in [5, 5.41) is 6.06. The Balaban J connectivity index is 1.55. The summed E-state index contributed by atoms with van der Waals surface area (Å²) in [6.07, 6.45) is 0. The molecule has 4 aromatic rings. The van der Waals surface area contributed by atoms with Gasteiger partial charge in [0.05, 0.1) is 36.5 Å². The minimum absolute atomic E-state index is 0.142. The Labute approximate surface area is 184 Å². The van der Waals surface area contributed by atoms with Crippen molar-refractivity contribution in [2.75, 3.05) is 24.9 Å². The third-order valence-electron chi connectivity index (χ3n) is 4.98. The minimum Gasteiger partial charge on any atom is -0.497 e. The highest BCUT2D eigenvalue weighted by atomic mass is 16.5. The van der Waals surface area contributed by atoms with Gasteiger partial charge in [0.15, 0.2) is 0 Å². The number of para-hydroxylation sites is 1. The van der Waals surface area contributed by atoms with Crippen LogP contribution in [-0.4, -0.2) is 29.8 Å². The molecule has 2 N–H and O–H groups in total. The van der Waals surface area contributed by atoms with Crippen molar-refractivity contribution in [3.8, 4) is 17.2 Å². The molecule has 1 heterocycles. The van der Waals surface area contributed by atoms with Crippen molar-refractivity contribution >= 4 is 28.3 Å². The van der Waals surface area contributed by atoms with Crippen LogP contribution in [0.1, 0.15) is 5.82 Å². The number of benzene rings is 3. The van der Waals surface area contributed by atoms with E-state index in [0.717, 1.165) is 0 Å². The Morgan fingerprint density at radius 1 is 0.938 bits per heavy atom. The Kier molecular flexibility index (Phi) is 5.76. The average Bonchev–Trinajstić information content (AvgIpc) is 2.80. The molecule has 0 bridgehead atoms. The summed E-state index contributed by atoms with van der Waals surface area (Å²) in [5.41, 5.74) is 2.22. The predicted molar refractivity (Wildman–Crippen MR) is 124 cm³/mol. The summed E-state index contributed by atoms with van der Waals surface area (Å²) < 4.78 is 12.0. The van der Waals surface area contributed by atoms with Crippen molar-refractivity contribution in [1.82, 2.24) is 9.55 Å². The Hall–Kier alpha value is -4.33. The van der Waals surface area contributed by atoms with Gasteiger partial charge in [-0.1, -0.05) is 12.1 Å². The summed E-state index contributed by atoms with van der Waals surface area (Å²) in [5.74, 6) is 1.68. The number of ether oxygens (including phenoxy) is 2. The summed E-state index contributed by atoms with van der Waals surface area (Å²) >= 11 is 0. The zero-order valence-electron chi connectivity index (χ0n) is 17.9. The fourth-order valence-corrected chi connectivity index (χ4v) is 3.44. The maximum absolute atomic E-state index is 12.9. The van der Waals surface area contributed by atoms with Crippen LogP contribution < -0.4 is 25.7 Å². The Morgan fingerprint density at radius 2 is 1.69 bits per heavy atom. The van der Waals surface area contributed by atoms with Crippen molar-refractivity contribution in [2.45, 2.75) is 6.92 Å². The molecule has 2 amide bonds. The number of hydrogen-bond acceptors (Lipinski definition) is 5. The van der Waals surface area contributed by atoms with E-state index in [2.05, 4.69) is 15.6 Å². The molecule has 0 radical (unpaired) electrons. The molecular formula is C24H22N4O4. The van der Waals surface area contributed by atoms with Crippen molar-refractivity contribution in [2.24, 2.45) is 0 Å². The first-order valence-corrected chi connectivity index (χ1v) is 9.89. The zero-order valence-corrected chi connectivity index (χ0v) is 17.9. The molecule has 1 aromatic heterocycles. The average molecular weight is 430 g/mol. The van der Waals surface area contributed by atoms with E-state index in [1.165, 1.54) is 7.11 Å². The number of carbonyl (C=O) groups excluding carboxylic acids is 1. The summed E-state index contributed by atoms with van der Waals surface area (Å²) in [4.78, 5) is 29.9. The van der Waals surface area contributed by atoms with Crippen LogP contribution in [-0.2, 0) is 0 Å². The first-order valence-electron chi connectivity index (χ1n) is 9.89. The van der Waals surface area contributed by atoms with Gasteiger partial charge in [0.2, 0.25) is 0 Å². The fraction of sp³-hybridized carbons (Fsp3) is 0.125. The summed E-state index contributed by atoms with van der Waals surface area (Å²) in [7, 11) is 3.07. The van der Waals surface area contributed by atoms with Crippen molar-refractivity contribution < 1.29 is 14.3 Å². The number of carbonyl (C=O) groups is 1. The Morgan fingerprint density at radius 3 is 2.41 bits per heavy atom. The maximum atomic E-state index is 12.9. The number of nitrogens with one attached hydrogen (secondary N) is 2. The van der Waals surface area contributed by atoms with Gasteiger partial charge in [-0.3, -0.25) is 9.36 Å². The van der Waals surface area contributed by atoms with E-state index in [4.69, 9.17) is 9.47 Å². The molecule has 0 spiro atoms. The molecule has 3 aromatic carbocycles. The van der Waals surface area contributed by atoms with E-state index >= 15 is 0 Å². The molecule has 162 valence electrons. The van der Waals surface area contributed by atoms with Crippen molar-refractivity contribution in [3.05, 3.63) is 82.9 Å². The fourth-order valence-electron chi connectivity index (χ4n) is 3.44. The summed E-state index contributed by atoms with van der Waals surface area (Å²) in [6.45, 7) is 1.79. The van der Waals surface area contributed by atoms with Crippen LogP contribution in [0.2, 0.25) is 0 Å². The minimum atomic E-state index is -0.440. The molecule has 8 nitrogen and oxygen atoms in total. The lowest BCUT2D eigenvalue weighted by molar-refractivity contribution is 0.262. The molecule has 0 atom stereocenters. The topological polar surface area (TPSA) is 94.5 Å². The lowest BCUT2D eigenvalue weighted by atomic mass is 10.2. The highest BCUT2D eigenvalue weighted by Gasteiger charge is 2.11. The van der Waals surface area contributed by atoms with Gasteiger partial charge in [-0.2, -0.15) is 0 Å². The summed E-state index contributed by atoms with van der Waals surface area (Å²) in [6, 6.07) is 18.9. The van der Waals surface area contributed by atoms with Gasteiger partial charge in [-0.05, 0) is 55.5 Å². The maximum Gasteiger partial charge on any atom is 0.323 e. The van der Waals surface area contributed by atoms with Crippen LogP contribution in [0.15, 0.2) is 71.5 Å². The molecule has 4 rings (SSSR count). The van der Waals surface area contributed by atoms with Crippen LogP contribution in [0.5, 0.6) is 11.5 Å². The highest BCUT2D eigenvalue weighted by molar-refractivity contribution is 6.00. The number of aryl methyl sites for hydroxylation is 1. The quantitative estimate of drug-likeness (QED) is 0.491. The zero-order chi connectivity index (χ0) is 22.7. The van der Waals surface area contributed by atoms with Gasteiger partial charge in [-0.15, -0.1) is 0 Å². The van der Waals surface area contributed by atoms with Crippen molar-refractivity contribution in [3.63, 3.8) is 0 Å². The predicted octanol–water partition coefficient (Wildman–Crippen LogP) is 4.36. The van der Waals surface area contributed by atoms with E-state index in [9.17, 15) is 9.59 Å². The smallest absolute Gasteiger partial charge is 0.323 e. The second-order valence-corrected chi connectivity index (χ2v) is 7.01. The second-order valence-electron chi connectivity index (χ2n) is 7.01. The van der Waals surface area contributed by atoms with Crippen molar-refractivity contribution in [1.29, 1.82) is 0 Å². The molecule has 0 unspecified atom stereocenters. The van der Waals surface area contributed by atoms with Gasteiger partial charge in [-0.25, -0.2) is 9.78 Å². The lowest BCUT2D eigenvalue weighted by Crippen LogP contribution is -2.22. The number of hydrogen-bond donors (Lipinski definition) is 2. The van der Waals surface area contributed by atoms with E-state index in [1.807, 2.05) is 18.2 Å². The van der Waals surface area contributed by atoms with E-state index in [1.54, 1.807) is 67.1 Å². The molecule has 32 heavy (non-hydrogen) atoms. The van der Waals surface area contributed by atoms with Crippen LogP contribution in [0.25, 0.3) is 16.6 Å². The lowest BCUT2D eigenvalue weighted by Gasteiger charge is -2.13. The standard InChI is InChI=1S/C24H22N4O4/c1-15-25-20-7-5-4-6-19(20)23(29)28(15)17-10-8-16(9-11-17)26-24(30)27-21-14-18(31-2)12-13-22(21)32-3/h4-14H,1-3H3,(H2,26,27,30). The number of urea groups is 1. The Bertz CT molecular complexity index is 1350. The van der Waals surface area contributed by atoms with Crippen LogP contribution in [0, 0.1) is 6.92 Å². The number of anilines is 2. The third kappa shape index (κ3) is 4.11. The number of nitrogens with zero attached hydrogens (tertiary/aromatic N) is 2. The number of amides is 2. The molecule has 0 saturated carbocycles. The molecular weight excluding hydrogens is 408 g/mol. The first-order chi connectivity index (χ1) is 15.5. The number of fused-ring (bicyclic) bond motifs is 1. The van der Waals surface area contributed by atoms with Gasteiger partial charge in [0.1, 0.15) is 17.3 Å². The largest absolute Gasteiger partial charge is 0.497 e. The molecule has 8 heteroatoms. The number of aromatic nitrogens is 2. The normalized spacial score (nSPS) is 10.6. The SMILES string of the molecule is COc1ccc(OC)c(NC(=O)Nc2ccc(-n3c(C)nc4ccccc4c3=O)cc2)c1. The van der Waals surface area contributed by atoms with E-state index in [0.29, 0.717) is 45.3 Å². The molecule has 0 aliphatic rings. The number of rotatable bonds is 5. The second kappa shape index (κ2) is 8.81. The van der Waals surface area contributed by atoms with E-state index in [-0.39, 0.29) is 5.56 Å². The molecule has 0 aliphatic carbocycles.